The number of rotatable bonds is 5. The first-order valence-corrected chi connectivity index (χ1v) is 7.60. The van der Waals surface area contributed by atoms with E-state index >= 15 is 0 Å². The van der Waals surface area contributed by atoms with Crippen molar-refractivity contribution in [2.75, 3.05) is 11.9 Å². The molecule has 128 valence electrons. The van der Waals surface area contributed by atoms with Gasteiger partial charge in [-0.05, 0) is 19.1 Å². The van der Waals surface area contributed by atoms with Crippen LogP contribution in [0.5, 0.6) is 0 Å². The summed E-state index contributed by atoms with van der Waals surface area (Å²) in [5.74, 6) is -0.513. The van der Waals surface area contributed by atoms with Crippen LogP contribution in [0, 0.1) is 6.92 Å². The van der Waals surface area contributed by atoms with E-state index in [-0.39, 0.29) is 12.2 Å². The van der Waals surface area contributed by atoms with Gasteiger partial charge in [-0.25, -0.2) is 9.48 Å². The third kappa shape index (κ3) is 3.92. The van der Waals surface area contributed by atoms with E-state index in [1.807, 2.05) is 37.3 Å². The second-order valence-electron chi connectivity index (χ2n) is 5.43. The fraction of sp³-hybridized carbons (Fsp3) is 0.176. The first-order chi connectivity index (χ1) is 12.0. The number of hydrogen-bond donors (Lipinski definition) is 1. The average molecular weight is 339 g/mol. The van der Waals surface area contributed by atoms with Crippen molar-refractivity contribution in [3.05, 3.63) is 60.0 Å². The van der Waals surface area contributed by atoms with Crippen LogP contribution in [-0.4, -0.2) is 38.0 Å². The Hall–Kier alpha value is -3.42. The van der Waals surface area contributed by atoms with Gasteiger partial charge in [-0.15, -0.1) is 0 Å². The molecule has 0 fully saturated rings. The maximum absolute atomic E-state index is 12.0. The molecule has 2 aromatic heterocycles. The lowest BCUT2D eigenvalue weighted by atomic mass is 10.3. The summed E-state index contributed by atoms with van der Waals surface area (Å²) in [4.78, 5) is 23.9. The van der Waals surface area contributed by atoms with Crippen LogP contribution in [0.1, 0.15) is 16.1 Å². The predicted molar refractivity (Wildman–Crippen MR) is 90.4 cm³/mol. The Balaban J connectivity index is 1.57. The molecule has 0 atom stereocenters. The third-order valence-corrected chi connectivity index (χ3v) is 3.44. The molecule has 0 bridgehead atoms. The molecule has 1 N–H and O–H groups in total. The van der Waals surface area contributed by atoms with Gasteiger partial charge in [0.05, 0.1) is 23.1 Å². The number of ether oxygens (including phenoxy) is 1. The van der Waals surface area contributed by atoms with E-state index in [4.69, 9.17) is 4.74 Å². The van der Waals surface area contributed by atoms with Crippen LogP contribution in [0.4, 0.5) is 5.82 Å². The van der Waals surface area contributed by atoms with Gasteiger partial charge in [-0.1, -0.05) is 18.2 Å². The van der Waals surface area contributed by atoms with E-state index in [9.17, 15) is 9.59 Å². The van der Waals surface area contributed by atoms with Gasteiger partial charge in [0.1, 0.15) is 5.82 Å². The van der Waals surface area contributed by atoms with Crippen molar-refractivity contribution in [3.8, 4) is 5.69 Å². The summed E-state index contributed by atoms with van der Waals surface area (Å²) in [6.45, 7) is 1.43. The van der Waals surface area contributed by atoms with Crippen LogP contribution in [0.3, 0.4) is 0 Å². The number of para-hydroxylation sites is 1. The lowest BCUT2D eigenvalue weighted by molar-refractivity contribution is -0.119. The van der Waals surface area contributed by atoms with Crippen molar-refractivity contribution < 1.29 is 14.3 Å². The highest BCUT2D eigenvalue weighted by Gasteiger charge is 2.14. The highest BCUT2D eigenvalue weighted by molar-refractivity contribution is 5.94. The summed E-state index contributed by atoms with van der Waals surface area (Å²) in [6.07, 6.45) is 2.96. The first-order valence-electron chi connectivity index (χ1n) is 7.60. The number of carbonyl (C=O) groups excluding carboxylic acids is 2. The first kappa shape index (κ1) is 16.4. The summed E-state index contributed by atoms with van der Waals surface area (Å²) < 4.78 is 8.13. The number of hydrogen-bond acceptors (Lipinski definition) is 5. The van der Waals surface area contributed by atoms with E-state index in [0.717, 1.165) is 11.4 Å². The maximum Gasteiger partial charge on any atom is 0.341 e. The minimum atomic E-state index is -0.612. The molecule has 0 aliphatic rings. The van der Waals surface area contributed by atoms with Crippen LogP contribution in [-0.2, 0) is 16.6 Å². The van der Waals surface area contributed by atoms with Crippen molar-refractivity contribution in [1.82, 2.24) is 19.6 Å². The summed E-state index contributed by atoms with van der Waals surface area (Å²) in [7, 11) is 1.71. The number of amides is 1. The molecule has 25 heavy (non-hydrogen) atoms. The van der Waals surface area contributed by atoms with Crippen LogP contribution >= 0.6 is 0 Å². The Morgan fingerprint density at radius 2 is 2.00 bits per heavy atom. The van der Waals surface area contributed by atoms with Crippen molar-refractivity contribution in [1.29, 1.82) is 0 Å². The summed E-state index contributed by atoms with van der Waals surface area (Å²) in [6, 6.07) is 11.1. The fourth-order valence-corrected chi connectivity index (χ4v) is 2.27. The molecule has 0 spiro atoms. The number of aromatic nitrogens is 4. The molecule has 3 rings (SSSR count). The highest BCUT2D eigenvalue weighted by atomic mass is 16.5. The Kier molecular flexibility index (Phi) is 4.60. The minimum Gasteiger partial charge on any atom is -0.452 e. The van der Waals surface area contributed by atoms with Crippen molar-refractivity contribution in [2.45, 2.75) is 6.92 Å². The molecule has 0 saturated heterocycles. The Labute approximate surface area is 144 Å². The molecule has 0 unspecified atom stereocenters. The predicted octanol–water partition coefficient (Wildman–Crippen LogP) is 1.71. The molecule has 8 heteroatoms. The molecule has 1 aromatic carbocycles. The topological polar surface area (TPSA) is 91.0 Å². The van der Waals surface area contributed by atoms with E-state index in [1.54, 1.807) is 28.7 Å². The number of anilines is 1. The fourth-order valence-electron chi connectivity index (χ4n) is 2.27. The van der Waals surface area contributed by atoms with Gasteiger partial charge >= 0.3 is 5.97 Å². The minimum absolute atomic E-state index is 0.271. The number of nitrogens with zero attached hydrogens (tertiary/aromatic N) is 4. The Morgan fingerprint density at radius 3 is 2.68 bits per heavy atom. The standard InChI is InChI=1S/C17H17N5O3/c1-12-8-15(21(2)20-12)19-16(23)11-25-17(24)13-9-18-22(10-13)14-6-4-3-5-7-14/h3-10H,11H2,1-2H3,(H,19,23). The number of aryl methyl sites for hydroxylation is 2. The molecular weight excluding hydrogens is 322 g/mol. The molecule has 0 radical (unpaired) electrons. The second-order valence-corrected chi connectivity index (χ2v) is 5.43. The molecule has 1 amide bonds. The summed E-state index contributed by atoms with van der Waals surface area (Å²) >= 11 is 0. The molecule has 0 aliphatic heterocycles. The molecule has 0 aliphatic carbocycles. The lowest BCUT2D eigenvalue weighted by Gasteiger charge is -2.05. The van der Waals surface area contributed by atoms with Crippen molar-refractivity contribution in [2.24, 2.45) is 7.05 Å². The molecule has 2 heterocycles. The summed E-state index contributed by atoms with van der Waals surface area (Å²) in [5.41, 5.74) is 1.88. The van der Waals surface area contributed by atoms with Gasteiger partial charge in [-0.2, -0.15) is 10.2 Å². The average Bonchev–Trinajstić information content (AvgIpc) is 3.21. The Bertz CT molecular complexity index is 898. The zero-order valence-electron chi connectivity index (χ0n) is 13.8. The lowest BCUT2D eigenvalue weighted by Crippen LogP contribution is -2.22. The van der Waals surface area contributed by atoms with Gasteiger partial charge in [0.25, 0.3) is 5.91 Å². The van der Waals surface area contributed by atoms with E-state index in [2.05, 4.69) is 15.5 Å². The quantitative estimate of drug-likeness (QED) is 0.715. The number of carbonyl (C=O) groups is 2. The zero-order chi connectivity index (χ0) is 17.8. The number of nitrogens with one attached hydrogen (secondary N) is 1. The normalized spacial score (nSPS) is 10.5. The van der Waals surface area contributed by atoms with Crippen LogP contribution in [0.25, 0.3) is 5.69 Å². The molecular formula is C17H17N5O3. The highest BCUT2D eigenvalue weighted by Crippen LogP contribution is 2.10. The Morgan fingerprint density at radius 1 is 1.24 bits per heavy atom. The SMILES string of the molecule is Cc1cc(NC(=O)COC(=O)c2cnn(-c3ccccc3)c2)n(C)n1. The van der Waals surface area contributed by atoms with E-state index in [1.165, 1.54) is 6.20 Å². The molecule has 3 aromatic rings. The van der Waals surface area contributed by atoms with Crippen LogP contribution < -0.4 is 5.32 Å². The van der Waals surface area contributed by atoms with Gasteiger partial charge in [-0.3, -0.25) is 9.48 Å². The van der Waals surface area contributed by atoms with Crippen LogP contribution in [0.15, 0.2) is 48.8 Å². The smallest absolute Gasteiger partial charge is 0.341 e. The number of esters is 1. The maximum atomic E-state index is 12.0. The van der Waals surface area contributed by atoms with Gasteiger partial charge in [0.2, 0.25) is 0 Å². The van der Waals surface area contributed by atoms with E-state index < -0.39 is 11.9 Å². The third-order valence-electron chi connectivity index (χ3n) is 3.44. The van der Waals surface area contributed by atoms with Crippen LogP contribution in [0.2, 0.25) is 0 Å². The molecule has 8 nitrogen and oxygen atoms in total. The van der Waals surface area contributed by atoms with Gasteiger partial charge < -0.3 is 10.1 Å². The van der Waals surface area contributed by atoms with E-state index in [0.29, 0.717) is 5.82 Å². The van der Waals surface area contributed by atoms with Crippen molar-refractivity contribution in [3.63, 3.8) is 0 Å². The monoisotopic (exact) mass is 339 g/mol. The zero-order valence-corrected chi connectivity index (χ0v) is 13.8. The largest absolute Gasteiger partial charge is 0.452 e. The molecule has 0 saturated carbocycles. The second kappa shape index (κ2) is 7.00. The van der Waals surface area contributed by atoms with Crippen molar-refractivity contribution >= 4 is 17.7 Å². The summed E-state index contributed by atoms with van der Waals surface area (Å²) in [5, 5.41) is 10.9. The van der Waals surface area contributed by atoms with Gasteiger partial charge in [0, 0.05) is 19.3 Å². The van der Waals surface area contributed by atoms with Gasteiger partial charge in [0.15, 0.2) is 6.61 Å². The number of benzene rings is 1.